The molecule has 24 heavy (non-hydrogen) atoms. The number of amides is 2. The molecule has 1 saturated heterocycles. The van der Waals surface area contributed by atoms with Crippen molar-refractivity contribution in [3.8, 4) is 11.4 Å². The van der Waals surface area contributed by atoms with Crippen molar-refractivity contribution in [3.63, 3.8) is 0 Å². The maximum Gasteiger partial charge on any atom is 0.321 e. The second-order valence-electron chi connectivity index (χ2n) is 6.42. The number of nitrogens with zero attached hydrogens (tertiary/aromatic N) is 2. The Morgan fingerprint density at radius 3 is 2.83 bits per heavy atom. The normalized spacial score (nSPS) is 21.9. The van der Waals surface area contributed by atoms with Crippen molar-refractivity contribution in [3.05, 3.63) is 29.8 Å². The van der Waals surface area contributed by atoms with E-state index in [1.165, 1.54) is 17.8 Å². The molecule has 2 N–H and O–H groups in total. The van der Waals surface area contributed by atoms with E-state index in [-0.39, 0.29) is 17.5 Å². The number of carbonyl (C=O) groups excluding carboxylic acids is 1. The number of aromatic nitrogens is 2. The maximum absolute atomic E-state index is 12.3. The monoisotopic (exact) mass is 344 g/mol. The summed E-state index contributed by atoms with van der Waals surface area (Å²) in [6.45, 7) is 1.61. The van der Waals surface area contributed by atoms with Crippen LogP contribution in [0, 0.1) is 5.41 Å². The lowest BCUT2D eigenvalue weighted by Gasteiger charge is -2.51. The van der Waals surface area contributed by atoms with E-state index in [2.05, 4.69) is 20.6 Å². The molecule has 0 radical (unpaired) electrons. The Morgan fingerprint density at radius 2 is 2.12 bits per heavy atom. The number of anilines is 1. The lowest BCUT2D eigenvalue weighted by atomic mass is 9.60. The van der Waals surface area contributed by atoms with Crippen molar-refractivity contribution in [1.29, 1.82) is 0 Å². The van der Waals surface area contributed by atoms with Crippen molar-refractivity contribution in [1.82, 2.24) is 15.3 Å². The van der Waals surface area contributed by atoms with Crippen molar-refractivity contribution in [2.75, 3.05) is 18.5 Å². The van der Waals surface area contributed by atoms with E-state index < -0.39 is 0 Å². The summed E-state index contributed by atoms with van der Waals surface area (Å²) in [5.41, 5.74) is 1.83. The fraction of sp³-hybridized carbons (Fsp3) is 0.471. The van der Waals surface area contributed by atoms with Gasteiger partial charge in [-0.25, -0.2) is 9.78 Å². The molecular weight excluding hydrogens is 324 g/mol. The molecule has 3 heterocycles. The molecule has 1 aliphatic carbocycles. The van der Waals surface area contributed by atoms with Gasteiger partial charge in [-0.2, -0.15) is 0 Å². The third-order valence-corrected chi connectivity index (χ3v) is 5.87. The SMILES string of the molecule is O=C(Nc1nc(-c2ccccn2)cs1)NC1CCC12CCOCC2. The Kier molecular flexibility index (Phi) is 4.20. The quantitative estimate of drug-likeness (QED) is 0.896. The average molecular weight is 344 g/mol. The number of rotatable bonds is 3. The Bertz CT molecular complexity index is 712. The molecule has 7 heteroatoms. The van der Waals surface area contributed by atoms with E-state index in [0.29, 0.717) is 5.13 Å². The minimum Gasteiger partial charge on any atom is -0.381 e. The van der Waals surface area contributed by atoms with Crippen molar-refractivity contribution in [2.24, 2.45) is 5.41 Å². The van der Waals surface area contributed by atoms with Gasteiger partial charge in [0.05, 0.1) is 5.69 Å². The molecule has 2 aliphatic rings. The molecule has 0 aromatic carbocycles. The van der Waals surface area contributed by atoms with Crippen LogP contribution in [0.25, 0.3) is 11.4 Å². The molecule has 1 aliphatic heterocycles. The van der Waals surface area contributed by atoms with Crippen molar-refractivity contribution < 1.29 is 9.53 Å². The van der Waals surface area contributed by atoms with Gasteiger partial charge >= 0.3 is 6.03 Å². The van der Waals surface area contributed by atoms with Gasteiger partial charge in [0.1, 0.15) is 5.69 Å². The van der Waals surface area contributed by atoms with Gasteiger partial charge in [0.2, 0.25) is 0 Å². The van der Waals surface area contributed by atoms with Gasteiger partial charge in [-0.3, -0.25) is 10.3 Å². The van der Waals surface area contributed by atoms with E-state index in [4.69, 9.17) is 4.74 Å². The van der Waals surface area contributed by atoms with Crippen LogP contribution in [0.3, 0.4) is 0 Å². The molecule has 2 aromatic heterocycles. The van der Waals surface area contributed by atoms with Gasteiger partial charge in [0.15, 0.2) is 5.13 Å². The number of thiazole rings is 1. The summed E-state index contributed by atoms with van der Waals surface area (Å²) in [5.74, 6) is 0. The molecule has 2 aromatic rings. The van der Waals surface area contributed by atoms with E-state index in [1.807, 2.05) is 23.6 Å². The lowest BCUT2D eigenvalue weighted by molar-refractivity contribution is -0.0507. The largest absolute Gasteiger partial charge is 0.381 e. The van der Waals surface area contributed by atoms with Crippen LogP contribution in [0.15, 0.2) is 29.8 Å². The molecule has 6 nitrogen and oxygen atoms in total. The first-order valence-corrected chi connectivity index (χ1v) is 9.15. The Balaban J connectivity index is 1.36. The molecular formula is C17H20N4O2S. The molecule has 126 valence electrons. The van der Waals surface area contributed by atoms with E-state index in [9.17, 15) is 4.79 Å². The number of ether oxygens (including phenoxy) is 1. The van der Waals surface area contributed by atoms with Crippen LogP contribution < -0.4 is 10.6 Å². The van der Waals surface area contributed by atoms with Crippen LogP contribution in [0.2, 0.25) is 0 Å². The highest BCUT2D eigenvalue weighted by atomic mass is 32.1. The number of pyridine rings is 1. The molecule has 1 unspecified atom stereocenters. The molecule has 1 atom stereocenters. The third kappa shape index (κ3) is 3.01. The number of urea groups is 1. The van der Waals surface area contributed by atoms with Crippen LogP contribution in [0.4, 0.5) is 9.93 Å². The van der Waals surface area contributed by atoms with Gasteiger partial charge in [0.25, 0.3) is 0 Å². The van der Waals surface area contributed by atoms with Gasteiger partial charge in [-0.05, 0) is 43.2 Å². The van der Waals surface area contributed by atoms with Crippen molar-refractivity contribution >= 4 is 22.5 Å². The first-order valence-electron chi connectivity index (χ1n) is 8.27. The molecule has 2 amide bonds. The predicted octanol–water partition coefficient (Wildman–Crippen LogP) is 3.29. The van der Waals surface area contributed by atoms with Crippen LogP contribution in [-0.2, 0) is 4.74 Å². The average Bonchev–Trinajstić information content (AvgIpc) is 3.09. The number of nitrogens with one attached hydrogen (secondary N) is 2. The molecule has 1 saturated carbocycles. The van der Waals surface area contributed by atoms with Crippen LogP contribution in [0.1, 0.15) is 25.7 Å². The zero-order valence-corrected chi connectivity index (χ0v) is 14.1. The topological polar surface area (TPSA) is 76.1 Å². The second-order valence-corrected chi connectivity index (χ2v) is 7.28. The Labute approximate surface area is 144 Å². The standard InChI is InChI=1S/C17H20N4O2S/c22-15(20-14-4-5-17(14)6-9-23-10-7-17)21-16-19-13(11-24-16)12-3-1-2-8-18-12/h1-3,8,11,14H,4-7,9-10H2,(H2,19,20,21,22). The summed E-state index contributed by atoms with van der Waals surface area (Å²) >= 11 is 1.41. The zero-order chi connectivity index (χ0) is 16.4. The van der Waals surface area contributed by atoms with Gasteiger partial charge in [-0.15, -0.1) is 11.3 Å². The first kappa shape index (κ1) is 15.5. The van der Waals surface area contributed by atoms with Crippen LogP contribution in [0.5, 0.6) is 0 Å². The summed E-state index contributed by atoms with van der Waals surface area (Å²) in [6, 6.07) is 5.77. The fourth-order valence-electron chi connectivity index (χ4n) is 3.55. The number of carbonyl (C=O) groups is 1. The number of hydrogen-bond acceptors (Lipinski definition) is 5. The first-order chi connectivity index (χ1) is 11.8. The predicted molar refractivity (Wildman–Crippen MR) is 93.0 cm³/mol. The lowest BCUT2D eigenvalue weighted by Crippen LogP contribution is -2.57. The maximum atomic E-state index is 12.3. The minimum absolute atomic E-state index is 0.174. The van der Waals surface area contributed by atoms with E-state index in [1.54, 1.807) is 6.20 Å². The summed E-state index contributed by atoms with van der Waals surface area (Å²) < 4.78 is 5.45. The fourth-order valence-corrected chi connectivity index (χ4v) is 4.25. The van der Waals surface area contributed by atoms with Crippen LogP contribution >= 0.6 is 11.3 Å². The Morgan fingerprint density at radius 1 is 1.25 bits per heavy atom. The smallest absolute Gasteiger partial charge is 0.321 e. The van der Waals surface area contributed by atoms with Gasteiger partial charge in [0, 0.05) is 30.8 Å². The van der Waals surface area contributed by atoms with E-state index >= 15 is 0 Å². The summed E-state index contributed by atoms with van der Waals surface area (Å²) in [4.78, 5) is 21.0. The summed E-state index contributed by atoms with van der Waals surface area (Å²) in [5, 5.41) is 8.47. The highest BCUT2D eigenvalue weighted by Crippen LogP contribution is 2.48. The van der Waals surface area contributed by atoms with E-state index in [0.717, 1.165) is 43.9 Å². The minimum atomic E-state index is -0.174. The summed E-state index contributed by atoms with van der Waals surface area (Å²) in [6.07, 6.45) is 6.04. The highest BCUT2D eigenvalue weighted by Gasteiger charge is 2.48. The molecule has 1 spiro atoms. The molecule has 4 rings (SSSR count). The van der Waals surface area contributed by atoms with Crippen molar-refractivity contribution in [2.45, 2.75) is 31.7 Å². The second kappa shape index (κ2) is 6.49. The van der Waals surface area contributed by atoms with Gasteiger partial charge < -0.3 is 10.1 Å². The Hall–Kier alpha value is -1.99. The van der Waals surface area contributed by atoms with Crippen LogP contribution in [-0.4, -0.2) is 35.3 Å². The third-order valence-electron chi connectivity index (χ3n) is 5.12. The molecule has 2 fully saturated rings. The highest BCUT2D eigenvalue weighted by molar-refractivity contribution is 7.14. The van der Waals surface area contributed by atoms with Gasteiger partial charge in [-0.1, -0.05) is 6.07 Å². The number of hydrogen-bond donors (Lipinski definition) is 2. The molecule has 0 bridgehead atoms. The summed E-state index contributed by atoms with van der Waals surface area (Å²) in [7, 11) is 0. The zero-order valence-electron chi connectivity index (χ0n) is 13.3.